The van der Waals surface area contributed by atoms with Gasteiger partial charge in [-0.25, -0.2) is 4.39 Å². The number of carbonyl (C=O) groups excluding carboxylic acids is 1. The lowest BCUT2D eigenvalue weighted by molar-refractivity contribution is 0.111. The Kier molecular flexibility index (Phi) is 3.37. The fourth-order valence-corrected chi connectivity index (χ4v) is 1.65. The molecule has 0 bridgehead atoms. The third kappa shape index (κ3) is 2.25. The van der Waals surface area contributed by atoms with Gasteiger partial charge in [-0.2, -0.15) is 5.26 Å². The maximum absolute atomic E-state index is 13.1. The Morgan fingerprint density at radius 1 is 1.62 bits per heavy atom. The van der Waals surface area contributed by atoms with E-state index in [9.17, 15) is 9.18 Å². The van der Waals surface area contributed by atoms with Crippen molar-refractivity contribution in [2.24, 2.45) is 0 Å². The maximum atomic E-state index is 13.1. The van der Waals surface area contributed by atoms with Crippen LogP contribution in [0.2, 0.25) is 0 Å². The number of rotatable bonds is 2. The molecule has 0 spiro atoms. The van der Waals surface area contributed by atoms with E-state index in [1.807, 2.05) is 28.7 Å². The number of benzene rings is 1. The molecule has 13 heavy (non-hydrogen) atoms. The first-order valence-electron chi connectivity index (χ1n) is 3.49. The van der Waals surface area contributed by atoms with Crippen molar-refractivity contribution in [2.45, 2.75) is 6.42 Å². The van der Waals surface area contributed by atoms with Crippen LogP contribution in [-0.2, 0) is 6.42 Å². The average molecular weight is 289 g/mol. The van der Waals surface area contributed by atoms with E-state index < -0.39 is 5.82 Å². The molecule has 0 aliphatic carbocycles. The van der Waals surface area contributed by atoms with E-state index in [0.29, 0.717) is 15.4 Å². The minimum atomic E-state index is -0.563. The predicted molar refractivity (Wildman–Crippen MR) is 53.8 cm³/mol. The van der Waals surface area contributed by atoms with Crippen molar-refractivity contribution in [1.82, 2.24) is 0 Å². The van der Waals surface area contributed by atoms with E-state index in [-0.39, 0.29) is 12.0 Å². The Morgan fingerprint density at radius 2 is 2.31 bits per heavy atom. The molecule has 0 saturated carbocycles. The van der Waals surface area contributed by atoms with Gasteiger partial charge >= 0.3 is 0 Å². The molecule has 2 nitrogen and oxygen atoms in total. The van der Waals surface area contributed by atoms with Crippen molar-refractivity contribution >= 4 is 28.9 Å². The van der Waals surface area contributed by atoms with Gasteiger partial charge < -0.3 is 0 Å². The largest absolute Gasteiger partial charge is 0.298 e. The Labute approximate surface area is 88.5 Å². The fraction of sp³-hybridized carbons (Fsp3) is 0.111. The summed E-state index contributed by atoms with van der Waals surface area (Å²) in [7, 11) is 0. The van der Waals surface area contributed by atoms with Gasteiger partial charge in [0.25, 0.3) is 0 Å². The lowest BCUT2D eigenvalue weighted by atomic mass is 10.1. The first kappa shape index (κ1) is 10.1. The van der Waals surface area contributed by atoms with Gasteiger partial charge in [0.1, 0.15) is 5.82 Å². The maximum Gasteiger partial charge on any atom is 0.153 e. The summed E-state index contributed by atoms with van der Waals surface area (Å²) < 4.78 is 13.8. The van der Waals surface area contributed by atoms with Crippen LogP contribution < -0.4 is 0 Å². The molecule has 0 aliphatic rings. The van der Waals surface area contributed by atoms with Crippen molar-refractivity contribution < 1.29 is 9.18 Å². The quantitative estimate of drug-likeness (QED) is 0.619. The summed E-state index contributed by atoms with van der Waals surface area (Å²) in [6, 6.07) is 4.79. The molecule has 0 aliphatic heterocycles. The van der Waals surface area contributed by atoms with Crippen LogP contribution in [0.4, 0.5) is 4.39 Å². The highest BCUT2D eigenvalue weighted by Crippen LogP contribution is 2.16. The molecular formula is C9H5FINO. The summed E-state index contributed by atoms with van der Waals surface area (Å²) in [5, 5.41) is 8.43. The summed E-state index contributed by atoms with van der Waals surface area (Å²) in [5.41, 5.74) is 0.434. The van der Waals surface area contributed by atoms with Crippen LogP contribution in [0.3, 0.4) is 0 Å². The molecular weight excluding hydrogens is 284 g/mol. The molecule has 66 valence electrons. The second kappa shape index (κ2) is 4.33. The number of nitrogens with zero attached hydrogens (tertiary/aromatic N) is 1. The van der Waals surface area contributed by atoms with Gasteiger partial charge in [0.15, 0.2) is 6.29 Å². The van der Waals surface area contributed by atoms with Gasteiger partial charge in [-0.3, -0.25) is 4.79 Å². The Morgan fingerprint density at radius 3 is 2.85 bits per heavy atom. The minimum absolute atomic E-state index is 0.0121. The lowest BCUT2D eigenvalue weighted by Gasteiger charge is -2.02. The average Bonchev–Trinajstić information content (AvgIpc) is 2.04. The summed E-state index contributed by atoms with van der Waals surface area (Å²) in [6.45, 7) is 0. The molecule has 0 unspecified atom stereocenters. The van der Waals surface area contributed by atoms with Crippen LogP contribution in [0.15, 0.2) is 12.1 Å². The Bertz CT molecular complexity index is 384. The van der Waals surface area contributed by atoms with E-state index in [2.05, 4.69) is 0 Å². The second-order valence-electron chi connectivity index (χ2n) is 2.41. The smallest absolute Gasteiger partial charge is 0.153 e. The molecule has 1 aromatic carbocycles. The lowest BCUT2D eigenvalue weighted by Crippen LogP contribution is -1.97. The monoisotopic (exact) mass is 289 g/mol. The third-order valence-electron chi connectivity index (χ3n) is 1.57. The van der Waals surface area contributed by atoms with Crippen LogP contribution in [-0.4, -0.2) is 6.29 Å². The Balaban J connectivity index is 3.30. The summed E-state index contributed by atoms with van der Waals surface area (Å²) >= 11 is 1.94. The van der Waals surface area contributed by atoms with E-state index in [1.54, 1.807) is 6.07 Å². The van der Waals surface area contributed by atoms with Crippen molar-refractivity contribution in [3.05, 3.63) is 32.6 Å². The standard InChI is InChI=1S/C9H5FINO/c10-9-4-7(11)3-6(1-2-12)8(9)5-13/h3-5H,1H2. The highest BCUT2D eigenvalue weighted by atomic mass is 127. The number of halogens is 2. The van der Waals surface area contributed by atoms with Crippen LogP contribution in [0, 0.1) is 20.7 Å². The minimum Gasteiger partial charge on any atom is -0.298 e. The van der Waals surface area contributed by atoms with Gasteiger partial charge in [0, 0.05) is 3.57 Å². The van der Waals surface area contributed by atoms with Crippen LogP contribution in [0.5, 0.6) is 0 Å². The zero-order valence-corrected chi connectivity index (χ0v) is 8.71. The highest BCUT2D eigenvalue weighted by molar-refractivity contribution is 14.1. The SMILES string of the molecule is N#CCc1cc(I)cc(F)c1C=O. The number of carbonyl (C=O) groups is 1. The number of hydrogen-bond donors (Lipinski definition) is 0. The van der Waals surface area contributed by atoms with Crippen LogP contribution >= 0.6 is 22.6 Å². The van der Waals surface area contributed by atoms with Crippen LogP contribution in [0.1, 0.15) is 15.9 Å². The van der Waals surface area contributed by atoms with E-state index >= 15 is 0 Å². The first-order chi connectivity index (χ1) is 6.19. The van der Waals surface area contributed by atoms with Gasteiger partial charge in [-0.05, 0) is 40.3 Å². The summed E-state index contributed by atoms with van der Waals surface area (Å²) in [4.78, 5) is 10.5. The second-order valence-corrected chi connectivity index (χ2v) is 3.66. The fourth-order valence-electron chi connectivity index (χ4n) is 1.00. The molecule has 0 radical (unpaired) electrons. The van der Waals surface area contributed by atoms with Gasteiger partial charge in [-0.1, -0.05) is 0 Å². The predicted octanol–water partition coefficient (Wildman–Crippen LogP) is 2.31. The van der Waals surface area contributed by atoms with Gasteiger partial charge in [-0.15, -0.1) is 0 Å². The molecule has 0 heterocycles. The highest BCUT2D eigenvalue weighted by Gasteiger charge is 2.08. The zero-order chi connectivity index (χ0) is 9.84. The van der Waals surface area contributed by atoms with E-state index in [0.717, 1.165) is 0 Å². The molecule has 0 atom stereocenters. The first-order valence-corrected chi connectivity index (χ1v) is 4.57. The van der Waals surface area contributed by atoms with Crippen molar-refractivity contribution in [1.29, 1.82) is 5.26 Å². The summed E-state index contributed by atoms with van der Waals surface area (Å²) in [6.07, 6.45) is 0.500. The number of aldehydes is 1. The van der Waals surface area contributed by atoms with Crippen LogP contribution in [0.25, 0.3) is 0 Å². The molecule has 0 aromatic heterocycles. The normalized spacial score (nSPS) is 9.31. The van der Waals surface area contributed by atoms with Gasteiger partial charge in [0.05, 0.1) is 18.1 Å². The molecule has 0 amide bonds. The topological polar surface area (TPSA) is 40.9 Å². The van der Waals surface area contributed by atoms with E-state index in [4.69, 9.17) is 5.26 Å². The Hall–Kier alpha value is -0.960. The summed E-state index contributed by atoms with van der Waals surface area (Å²) in [5.74, 6) is -0.563. The zero-order valence-electron chi connectivity index (χ0n) is 6.55. The van der Waals surface area contributed by atoms with Crippen molar-refractivity contribution in [2.75, 3.05) is 0 Å². The number of nitriles is 1. The molecule has 0 N–H and O–H groups in total. The molecule has 1 aromatic rings. The van der Waals surface area contributed by atoms with Crippen molar-refractivity contribution in [3.63, 3.8) is 0 Å². The van der Waals surface area contributed by atoms with Crippen molar-refractivity contribution in [3.8, 4) is 6.07 Å². The molecule has 0 fully saturated rings. The molecule has 0 saturated heterocycles. The van der Waals surface area contributed by atoms with Gasteiger partial charge in [0.2, 0.25) is 0 Å². The molecule has 1 rings (SSSR count). The third-order valence-corrected chi connectivity index (χ3v) is 2.19. The molecule has 4 heteroatoms. The van der Waals surface area contributed by atoms with E-state index in [1.165, 1.54) is 6.07 Å². The number of hydrogen-bond acceptors (Lipinski definition) is 2.